The molecule has 0 saturated carbocycles. The van der Waals surface area contributed by atoms with Gasteiger partial charge in [0.25, 0.3) is 0 Å². The van der Waals surface area contributed by atoms with Gasteiger partial charge < -0.3 is 20.1 Å². The molecule has 2 amide bonds. The van der Waals surface area contributed by atoms with Crippen molar-refractivity contribution in [3.8, 4) is 24.7 Å². The van der Waals surface area contributed by atoms with Gasteiger partial charge in [-0.25, -0.2) is 9.59 Å². The zero-order chi connectivity index (χ0) is 21.3. The SMILES string of the molecule is C#CCC(CC#C)(NC(=O)OC(C)(C)C)C(=O)N[C@@H](CC(C)C)C(=O)OC. The van der Waals surface area contributed by atoms with Gasteiger partial charge in [-0.3, -0.25) is 4.79 Å². The molecule has 0 aromatic heterocycles. The van der Waals surface area contributed by atoms with Crippen LogP contribution in [0.25, 0.3) is 0 Å². The number of carbonyl (C=O) groups excluding carboxylic acids is 3. The number of rotatable bonds is 8. The van der Waals surface area contributed by atoms with Crippen LogP contribution in [0, 0.1) is 30.6 Å². The molecular formula is C20H30N2O5. The summed E-state index contributed by atoms with van der Waals surface area (Å²) in [5, 5.41) is 5.10. The molecule has 7 nitrogen and oxygen atoms in total. The number of ether oxygens (including phenoxy) is 2. The zero-order valence-corrected chi connectivity index (χ0v) is 17.0. The van der Waals surface area contributed by atoms with E-state index >= 15 is 0 Å². The Morgan fingerprint density at radius 2 is 1.59 bits per heavy atom. The monoisotopic (exact) mass is 378 g/mol. The van der Waals surface area contributed by atoms with E-state index < -0.39 is 35.2 Å². The summed E-state index contributed by atoms with van der Waals surface area (Å²) in [7, 11) is 1.23. The molecule has 0 rings (SSSR count). The minimum absolute atomic E-state index is 0.114. The molecule has 7 heteroatoms. The molecule has 1 atom stereocenters. The maximum absolute atomic E-state index is 13.0. The van der Waals surface area contributed by atoms with E-state index in [2.05, 4.69) is 22.5 Å². The number of terminal acetylenes is 2. The molecular weight excluding hydrogens is 348 g/mol. The lowest BCUT2D eigenvalue weighted by Crippen LogP contribution is -2.61. The standard InChI is InChI=1S/C20H30N2O5/c1-9-11-20(12-10-2,22-18(25)27-19(5,6)7)17(24)21-15(13-14(3)4)16(23)26-8/h1-2,14-15H,11-13H2,3-8H3,(H,21,24)(H,22,25)/t15-/m0/s1. The lowest BCUT2D eigenvalue weighted by Gasteiger charge is -2.33. The Kier molecular flexibility index (Phi) is 9.44. The van der Waals surface area contributed by atoms with Crippen LogP contribution < -0.4 is 10.6 Å². The maximum Gasteiger partial charge on any atom is 0.408 e. The number of nitrogens with one attached hydrogen (secondary N) is 2. The molecule has 0 aliphatic rings. The maximum atomic E-state index is 13.0. The molecule has 0 heterocycles. The van der Waals surface area contributed by atoms with Gasteiger partial charge in [-0.15, -0.1) is 24.7 Å². The normalized spacial score (nSPS) is 12.3. The van der Waals surface area contributed by atoms with Crippen molar-refractivity contribution in [2.75, 3.05) is 7.11 Å². The summed E-state index contributed by atoms with van der Waals surface area (Å²) in [6.07, 6.45) is 9.99. The summed E-state index contributed by atoms with van der Waals surface area (Å²) in [4.78, 5) is 37.2. The molecule has 150 valence electrons. The van der Waals surface area contributed by atoms with Crippen LogP contribution in [0.15, 0.2) is 0 Å². The van der Waals surface area contributed by atoms with Gasteiger partial charge in [0.2, 0.25) is 5.91 Å². The molecule has 27 heavy (non-hydrogen) atoms. The van der Waals surface area contributed by atoms with Gasteiger partial charge in [0.05, 0.1) is 7.11 Å². The van der Waals surface area contributed by atoms with Crippen LogP contribution in [0.2, 0.25) is 0 Å². The molecule has 0 unspecified atom stereocenters. The fraction of sp³-hybridized carbons (Fsp3) is 0.650. The highest BCUT2D eigenvalue weighted by Crippen LogP contribution is 2.19. The minimum Gasteiger partial charge on any atom is -0.467 e. The van der Waals surface area contributed by atoms with E-state index in [1.165, 1.54) is 7.11 Å². The van der Waals surface area contributed by atoms with Gasteiger partial charge in [-0.1, -0.05) is 13.8 Å². The average molecular weight is 378 g/mol. The minimum atomic E-state index is -1.60. The van der Waals surface area contributed by atoms with E-state index in [-0.39, 0.29) is 18.8 Å². The van der Waals surface area contributed by atoms with Crippen molar-refractivity contribution in [2.45, 2.75) is 71.1 Å². The fourth-order valence-corrected chi connectivity index (χ4v) is 2.34. The largest absolute Gasteiger partial charge is 0.467 e. The number of carbonyl (C=O) groups is 3. The fourth-order valence-electron chi connectivity index (χ4n) is 2.34. The number of esters is 1. The number of methoxy groups -OCH3 is 1. The first kappa shape index (κ1) is 24.3. The summed E-state index contributed by atoms with van der Waals surface area (Å²) in [5.74, 6) is 3.57. The molecule has 0 radical (unpaired) electrons. The Labute approximate surface area is 161 Å². The van der Waals surface area contributed by atoms with Crippen LogP contribution in [-0.2, 0) is 19.1 Å². The van der Waals surface area contributed by atoms with Crippen molar-refractivity contribution in [1.29, 1.82) is 0 Å². The third kappa shape index (κ3) is 8.50. The predicted molar refractivity (Wildman–Crippen MR) is 102 cm³/mol. The molecule has 0 aliphatic heterocycles. The molecule has 0 saturated heterocycles. The van der Waals surface area contributed by atoms with Crippen molar-refractivity contribution in [3.63, 3.8) is 0 Å². The quantitative estimate of drug-likeness (QED) is 0.498. The smallest absolute Gasteiger partial charge is 0.408 e. The van der Waals surface area contributed by atoms with Crippen LogP contribution in [0.3, 0.4) is 0 Å². The van der Waals surface area contributed by atoms with Gasteiger partial charge in [0, 0.05) is 12.8 Å². The van der Waals surface area contributed by atoms with Crippen LogP contribution in [0.5, 0.6) is 0 Å². The summed E-state index contributed by atoms with van der Waals surface area (Å²) in [5.41, 5.74) is -2.38. The number of amides is 2. The Hall–Kier alpha value is -2.67. The molecule has 0 spiro atoms. The van der Waals surface area contributed by atoms with Gasteiger partial charge in [-0.05, 0) is 33.1 Å². The van der Waals surface area contributed by atoms with Crippen LogP contribution >= 0.6 is 0 Å². The molecule has 0 aliphatic carbocycles. The zero-order valence-electron chi connectivity index (χ0n) is 17.0. The van der Waals surface area contributed by atoms with Crippen LogP contribution in [0.4, 0.5) is 4.79 Å². The van der Waals surface area contributed by atoms with E-state index in [1.807, 2.05) is 13.8 Å². The number of alkyl carbamates (subject to hydrolysis) is 1. The lowest BCUT2D eigenvalue weighted by molar-refractivity contribution is -0.146. The number of hydrogen-bond donors (Lipinski definition) is 2. The highest BCUT2D eigenvalue weighted by atomic mass is 16.6. The summed E-state index contributed by atoms with van der Waals surface area (Å²) >= 11 is 0. The lowest BCUT2D eigenvalue weighted by atomic mass is 9.89. The van der Waals surface area contributed by atoms with E-state index in [0.29, 0.717) is 6.42 Å². The highest BCUT2D eigenvalue weighted by Gasteiger charge is 2.41. The van der Waals surface area contributed by atoms with Gasteiger partial charge in [-0.2, -0.15) is 0 Å². The van der Waals surface area contributed by atoms with Gasteiger partial charge in [0.15, 0.2) is 0 Å². The topological polar surface area (TPSA) is 93.7 Å². The van der Waals surface area contributed by atoms with Crippen molar-refractivity contribution in [2.24, 2.45) is 5.92 Å². The second-order valence-corrected chi connectivity index (χ2v) is 7.65. The van der Waals surface area contributed by atoms with Crippen molar-refractivity contribution >= 4 is 18.0 Å². The molecule has 0 aromatic carbocycles. The molecule has 0 bridgehead atoms. The van der Waals surface area contributed by atoms with E-state index in [0.717, 1.165) is 0 Å². The van der Waals surface area contributed by atoms with Gasteiger partial charge >= 0.3 is 12.1 Å². The predicted octanol–water partition coefficient (Wildman–Crippen LogP) is 2.00. The molecule has 0 aromatic rings. The first-order valence-electron chi connectivity index (χ1n) is 8.67. The Balaban J connectivity index is 5.68. The second-order valence-electron chi connectivity index (χ2n) is 7.65. The third-order valence-electron chi connectivity index (χ3n) is 3.48. The highest BCUT2D eigenvalue weighted by molar-refractivity contribution is 5.93. The Bertz CT molecular complexity index is 604. The Morgan fingerprint density at radius 3 is 1.96 bits per heavy atom. The van der Waals surface area contributed by atoms with Crippen molar-refractivity contribution in [1.82, 2.24) is 10.6 Å². The van der Waals surface area contributed by atoms with Crippen LogP contribution in [-0.4, -0.2) is 42.3 Å². The Morgan fingerprint density at radius 1 is 1.07 bits per heavy atom. The van der Waals surface area contributed by atoms with Gasteiger partial charge in [0.1, 0.15) is 17.2 Å². The van der Waals surface area contributed by atoms with E-state index in [1.54, 1.807) is 20.8 Å². The first-order valence-corrected chi connectivity index (χ1v) is 8.67. The summed E-state index contributed by atoms with van der Waals surface area (Å²) in [6, 6.07) is -0.891. The van der Waals surface area contributed by atoms with E-state index in [4.69, 9.17) is 22.3 Å². The number of hydrogen-bond acceptors (Lipinski definition) is 5. The summed E-state index contributed by atoms with van der Waals surface area (Å²) in [6.45, 7) is 8.86. The van der Waals surface area contributed by atoms with E-state index in [9.17, 15) is 14.4 Å². The second kappa shape index (κ2) is 10.5. The van der Waals surface area contributed by atoms with Crippen molar-refractivity contribution < 1.29 is 23.9 Å². The third-order valence-corrected chi connectivity index (χ3v) is 3.48. The van der Waals surface area contributed by atoms with Crippen molar-refractivity contribution in [3.05, 3.63) is 0 Å². The van der Waals surface area contributed by atoms with Crippen LogP contribution in [0.1, 0.15) is 53.9 Å². The molecule has 2 N–H and O–H groups in total. The average Bonchev–Trinajstić information content (AvgIpc) is 2.51. The molecule has 0 fully saturated rings. The summed E-state index contributed by atoms with van der Waals surface area (Å²) < 4.78 is 9.96. The first-order chi connectivity index (χ1) is 12.4.